The van der Waals surface area contributed by atoms with Gasteiger partial charge in [-0.15, -0.1) is 0 Å². The number of amides is 1. The van der Waals surface area contributed by atoms with E-state index >= 15 is 0 Å². The first-order chi connectivity index (χ1) is 13.4. The van der Waals surface area contributed by atoms with Crippen LogP contribution in [-0.4, -0.2) is 68.3 Å². The average Bonchev–Trinajstić information content (AvgIpc) is 3.23. The molecule has 3 aliphatic rings. The van der Waals surface area contributed by atoms with E-state index in [4.69, 9.17) is 22.9 Å². The standard InChI is InChI=1S/C19H34N2O7Si/c1-13-15-19(5,6)28-29(26-13,27-15)12-8-10-20-25-16(22)14-9-7-11-21(14)17(23)24-18(2,3)4/h13-15,20H,7-12H2,1-6H3/t13?,14-,15?,29?/m0/s1. The van der Waals surface area contributed by atoms with Crippen molar-refractivity contribution in [1.29, 1.82) is 0 Å². The number of fused-ring (bicyclic) bond motifs is 2. The van der Waals surface area contributed by atoms with Gasteiger partial charge in [-0.25, -0.2) is 9.59 Å². The number of nitrogens with one attached hydrogen (secondary N) is 1. The van der Waals surface area contributed by atoms with E-state index < -0.39 is 32.5 Å². The van der Waals surface area contributed by atoms with E-state index in [-0.39, 0.29) is 17.8 Å². The van der Waals surface area contributed by atoms with Gasteiger partial charge in [-0.2, -0.15) is 5.48 Å². The van der Waals surface area contributed by atoms with Crippen molar-refractivity contribution < 1.29 is 32.4 Å². The number of hydrogen-bond donors (Lipinski definition) is 1. The minimum absolute atomic E-state index is 0.0267. The third-order valence-corrected chi connectivity index (χ3v) is 8.44. The zero-order valence-corrected chi connectivity index (χ0v) is 19.3. The Hall–Kier alpha value is -1.20. The number of ether oxygens (including phenoxy) is 1. The first kappa shape index (κ1) is 22.5. The summed E-state index contributed by atoms with van der Waals surface area (Å²) in [6.07, 6.45) is 1.53. The summed E-state index contributed by atoms with van der Waals surface area (Å²) in [5, 5.41) is 0. The van der Waals surface area contributed by atoms with E-state index in [2.05, 4.69) is 5.48 Å². The number of carbonyl (C=O) groups is 2. The molecule has 0 aliphatic carbocycles. The summed E-state index contributed by atoms with van der Waals surface area (Å²) in [6.45, 7) is 12.4. The highest BCUT2D eigenvalue weighted by atomic mass is 28.4. The van der Waals surface area contributed by atoms with Crippen molar-refractivity contribution in [2.24, 2.45) is 0 Å². The number of nitrogens with zero attached hydrogens (tertiary/aromatic N) is 1. The molecule has 0 aromatic rings. The van der Waals surface area contributed by atoms with Gasteiger partial charge in [-0.05, 0) is 60.8 Å². The van der Waals surface area contributed by atoms with E-state index in [1.807, 2.05) is 20.8 Å². The Balaban J connectivity index is 1.40. The summed E-state index contributed by atoms with van der Waals surface area (Å²) in [7, 11) is -2.63. The fourth-order valence-electron chi connectivity index (χ4n) is 4.16. The lowest BCUT2D eigenvalue weighted by Crippen LogP contribution is -2.50. The number of hydroxylamine groups is 1. The molecule has 1 N–H and O–H groups in total. The Morgan fingerprint density at radius 1 is 1.28 bits per heavy atom. The SMILES string of the molecule is CC1O[Si]2(CCCNOC(=O)[C@@H]3CCCN3C(=O)OC(C)(C)C)OC1C(C)(C)O2. The Kier molecular flexibility index (Phi) is 6.31. The Morgan fingerprint density at radius 2 is 2.00 bits per heavy atom. The van der Waals surface area contributed by atoms with Crippen molar-refractivity contribution in [3.63, 3.8) is 0 Å². The van der Waals surface area contributed by atoms with Crippen LogP contribution in [0.2, 0.25) is 6.04 Å². The van der Waals surface area contributed by atoms with Gasteiger partial charge in [-0.1, -0.05) is 0 Å². The second-order valence-corrected chi connectivity index (χ2v) is 12.0. The molecule has 0 saturated carbocycles. The minimum atomic E-state index is -2.63. The Labute approximate surface area is 173 Å². The summed E-state index contributed by atoms with van der Waals surface area (Å²) >= 11 is 0. The maximum absolute atomic E-state index is 12.4. The molecule has 10 heteroatoms. The molecule has 9 nitrogen and oxygen atoms in total. The first-order valence-electron chi connectivity index (χ1n) is 10.4. The second kappa shape index (κ2) is 8.14. The molecule has 0 spiro atoms. The van der Waals surface area contributed by atoms with Gasteiger partial charge in [0.2, 0.25) is 0 Å². The fourth-order valence-corrected chi connectivity index (χ4v) is 7.73. The highest BCUT2D eigenvalue weighted by Gasteiger charge is 2.65. The van der Waals surface area contributed by atoms with E-state index in [0.717, 1.165) is 6.42 Å². The highest BCUT2D eigenvalue weighted by Crippen LogP contribution is 2.45. The van der Waals surface area contributed by atoms with Crippen LogP contribution in [0.3, 0.4) is 0 Å². The Bertz CT molecular complexity index is 639. The Morgan fingerprint density at radius 3 is 2.62 bits per heavy atom. The summed E-state index contributed by atoms with van der Waals surface area (Å²) in [5.74, 6) is -0.468. The lowest BCUT2D eigenvalue weighted by Gasteiger charge is -2.34. The highest BCUT2D eigenvalue weighted by molar-refractivity contribution is 6.62. The van der Waals surface area contributed by atoms with Crippen LogP contribution in [0.1, 0.15) is 60.8 Å². The molecule has 0 radical (unpaired) electrons. The molecule has 3 aliphatic heterocycles. The molecule has 3 saturated heterocycles. The van der Waals surface area contributed by atoms with Gasteiger partial charge in [0, 0.05) is 19.1 Å². The van der Waals surface area contributed by atoms with Gasteiger partial charge in [0.1, 0.15) is 17.7 Å². The molecule has 2 bridgehead atoms. The molecular weight excluding hydrogens is 396 g/mol. The molecule has 1 amide bonds. The van der Waals surface area contributed by atoms with Crippen LogP contribution in [-0.2, 0) is 27.6 Å². The van der Waals surface area contributed by atoms with Crippen LogP contribution < -0.4 is 5.48 Å². The van der Waals surface area contributed by atoms with Gasteiger partial charge >= 0.3 is 20.9 Å². The van der Waals surface area contributed by atoms with Crippen molar-refractivity contribution in [2.45, 2.75) is 96.3 Å². The van der Waals surface area contributed by atoms with Crippen molar-refractivity contribution >= 4 is 20.9 Å². The van der Waals surface area contributed by atoms with Crippen LogP contribution >= 0.6 is 0 Å². The lowest BCUT2D eigenvalue weighted by atomic mass is 9.98. The smallest absolute Gasteiger partial charge is 0.444 e. The molecule has 0 aromatic carbocycles. The zero-order chi connectivity index (χ0) is 21.4. The van der Waals surface area contributed by atoms with E-state index in [1.54, 1.807) is 20.8 Å². The number of rotatable bonds is 6. The molecule has 0 aromatic heterocycles. The molecule has 3 fully saturated rings. The second-order valence-electron chi connectivity index (χ2n) is 9.50. The molecule has 3 rings (SSSR count). The van der Waals surface area contributed by atoms with Gasteiger partial charge in [0.25, 0.3) is 0 Å². The third kappa shape index (κ3) is 5.11. The molecule has 166 valence electrons. The molecular formula is C19H34N2O7Si. The maximum Gasteiger partial charge on any atom is 0.502 e. The fraction of sp³-hybridized carbons (Fsp3) is 0.895. The number of likely N-dealkylation sites (tertiary alicyclic amines) is 1. The van der Waals surface area contributed by atoms with E-state index in [0.29, 0.717) is 32.0 Å². The van der Waals surface area contributed by atoms with Gasteiger partial charge in [0.05, 0.1) is 11.7 Å². The normalized spacial score (nSPS) is 33.2. The van der Waals surface area contributed by atoms with Gasteiger partial charge in [-0.3, -0.25) is 4.90 Å². The van der Waals surface area contributed by atoms with Crippen LogP contribution in [0.25, 0.3) is 0 Å². The lowest BCUT2D eigenvalue weighted by molar-refractivity contribution is -0.156. The zero-order valence-electron chi connectivity index (χ0n) is 18.3. The average molecular weight is 431 g/mol. The predicted molar refractivity (Wildman–Crippen MR) is 106 cm³/mol. The monoisotopic (exact) mass is 430 g/mol. The van der Waals surface area contributed by atoms with E-state index in [9.17, 15) is 9.59 Å². The van der Waals surface area contributed by atoms with Crippen molar-refractivity contribution in [3.05, 3.63) is 0 Å². The summed E-state index contributed by atoms with van der Waals surface area (Å²) in [4.78, 5) is 31.3. The van der Waals surface area contributed by atoms with E-state index in [1.165, 1.54) is 4.90 Å². The number of hydrogen-bond acceptors (Lipinski definition) is 8. The van der Waals surface area contributed by atoms with Crippen molar-refractivity contribution in [3.8, 4) is 0 Å². The van der Waals surface area contributed by atoms with Crippen LogP contribution in [0.15, 0.2) is 0 Å². The van der Waals surface area contributed by atoms with Crippen LogP contribution in [0.5, 0.6) is 0 Å². The van der Waals surface area contributed by atoms with Crippen molar-refractivity contribution in [2.75, 3.05) is 13.1 Å². The third-order valence-electron chi connectivity index (χ3n) is 5.29. The van der Waals surface area contributed by atoms with Crippen LogP contribution in [0.4, 0.5) is 4.79 Å². The summed E-state index contributed by atoms with van der Waals surface area (Å²) in [5.41, 5.74) is 1.78. The topological polar surface area (TPSA) is 95.6 Å². The molecule has 3 unspecified atom stereocenters. The van der Waals surface area contributed by atoms with Crippen molar-refractivity contribution in [1.82, 2.24) is 10.4 Å². The summed E-state index contributed by atoms with van der Waals surface area (Å²) in [6, 6.07) is 0.0438. The molecule has 4 atom stereocenters. The molecule has 3 heterocycles. The summed E-state index contributed by atoms with van der Waals surface area (Å²) < 4.78 is 23.5. The predicted octanol–water partition coefficient (Wildman–Crippen LogP) is 2.38. The van der Waals surface area contributed by atoms with Crippen LogP contribution in [0, 0.1) is 0 Å². The molecule has 29 heavy (non-hydrogen) atoms. The largest absolute Gasteiger partial charge is 0.502 e. The number of carbonyl (C=O) groups excluding carboxylic acids is 2. The van der Waals surface area contributed by atoms with Gasteiger partial charge in [0.15, 0.2) is 0 Å². The maximum atomic E-state index is 12.4. The van der Waals surface area contributed by atoms with Gasteiger partial charge < -0.3 is 22.9 Å². The first-order valence-corrected chi connectivity index (χ1v) is 12.3. The quantitative estimate of drug-likeness (QED) is 0.390. The minimum Gasteiger partial charge on any atom is -0.444 e.